The molecule has 0 radical (unpaired) electrons. The number of nitrogens with zero attached hydrogens (tertiary/aromatic N) is 2. The van der Waals surface area contributed by atoms with Crippen LogP contribution in [0, 0.1) is 19.7 Å². The quantitative estimate of drug-likeness (QED) is 0.831. The van der Waals surface area contributed by atoms with Crippen molar-refractivity contribution in [3.05, 3.63) is 41.0 Å². The lowest BCUT2D eigenvalue weighted by atomic mass is 10.2. The second kappa shape index (κ2) is 5.45. The molecule has 8 heteroatoms. The number of nitrogens with one attached hydrogen (secondary N) is 1. The van der Waals surface area contributed by atoms with Crippen molar-refractivity contribution in [3.63, 3.8) is 0 Å². The van der Waals surface area contributed by atoms with E-state index in [1.54, 1.807) is 17.9 Å². The lowest BCUT2D eigenvalue weighted by molar-refractivity contribution is 0.576. The summed E-state index contributed by atoms with van der Waals surface area (Å²) >= 11 is 0. The van der Waals surface area contributed by atoms with Crippen LogP contribution in [0.15, 0.2) is 23.2 Å². The first-order chi connectivity index (χ1) is 9.72. The van der Waals surface area contributed by atoms with Crippen LogP contribution in [-0.4, -0.2) is 18.2 Å². The Hall–Kier alpha value is -1.93. The van der Waals surface area contributed by atoms with Crippen molar-refractivity contribution in [2.75, 3.05) is 5.73 Å². The average molecular weight is 312 g/mol. The first-order valence-corrected chi connectivity index (χ1v) is 7.73. The summed E-state index contributed by atoms with van der Waals surface area (Å²) in [7, 11) is -2.07. The summed E-state index contributed by atoms with van der Waals surface area (Å²) in [5, 5.41) is 4.03. The molecule has 0 aliphatic heterocycles. The normalized spacial score (nSPS) is 11.8. The molecule has 3 N–H and O–H groups in total. The highest BCUT2D eigenvalue weighted by Gasteiger charge is 2.18. The Morgan fingerprint density at radius 3 is 2.57 bits per heavy atom. The van der Waals surface area contributed by atoms with Gasteiger partial charge >= 0.3 is 0 Å². The number of aromatic nitrogens is 2. The van der Waals surface area contributed by atoms with Gasteiger partial charge in [-0.1, -0.05) is 0 Å². The predicted octanol–water partition coefficient (Wildman–Crippen LogP) is 1.24. The predicted molar refractivity (Wildman–Crippen MR) is 77.5 cm³/mol. The molecule has 0 aliphatic rings. The van der Waals surface area contributed by atoms with Gasteiger partial charge < -0.3 is 5.73 Å². The Labute approximate surface area is 122 Å². The molecule has 0 amide bonds. The van der Waals surface area contributed by atoms with Crippen LogP contribution in [0.4, 0.5) is 10.1 Å². The standard InChI is InChI=1S/C13H17FN4O2S/c1-8-12(14)4-11(5-13(8)15)21(19,20)17-7-10-6-16-18(3)9(10)2/h4-6,17H,7,15H2,1-3H3. The maximum Gasteiger partial charge on any atom is 0.241 e. The number of nitrogen functional groups attached to an aromatic ring is 1. The molecule has 2 aromatic rings. The van der Waals surface area contributed by atoms with Crippen molar-refractivity contribution in [2.24, 2.45) is 7.05 Å². The number of nitrogens with two attached hydrogens (primary N) is 1. The smallest absolute Gasteiger partial charge is 0.241 e. The van der Waals surface area contributed by atoms with Gasteiger partial charge in [0, 0.05) is 36.1 Å². The molecule has 0 saturated carbocycles. The number of benzene rings is 1. The van der Waals surface area contributed by atoms with Crippen LogP contribution in [-0.2, 0) is 23.6 Å². The summed E-state index contributed by atoms with van der Waals surface area (Å²) < 4.78 is 42.0. The van der Waals surface area contributed by atoms with E-state index >= 15 is 0 Å². The lowest BCUT2D eigenvalue weighted by Gasteiger charge is -2.09. The average Bonchev–Trinajstić information content (AvgIpc) is 2.73. The minimum absolute atomic E-state index is 0.0808. The highest BCUT2D eigenvalue weighted by molar-refractivity contribution is 7.89. The van der Waals surface area contributed by atoms with Gasteiger partial charge in [0.05, 0.1) is 11.1 Å². The van der Waals surface area contributed by atoms with E-state index in [1.807, 2.05) is 6.92 Å². The monoisotopic (exact) mass is 312 g/mol. The second-order valence-corrected chi connectivity index (χ2v) is 6.59. The van der Waals surface area contributed by atoms with E-state index in [9.17, 15) is 12.8 Å². The van der Waals surface area contributed by atoms with Gasteiger partial charge in [-0.3, -0.25) is 4.68 Å². The molecule has 0 unspecified atom stereocenters. The Morgan fingerprint density at radius 2 is 2.05 bits per heavy atom. The molecule has 6 nitrogen and oxygen atoms in total. The van der Waals surface area contributed by atoms with E-state index < -0.39 is 15.8 Å². The van der Waals surface area contributed by atoms with E-state index in [-0.39, 0.29) is 22.7 Å². The van der Waals surface area contributed by atoms with Crippen molar-refractivity contribution in [1.82, 2.24) is 14.5 Å². The summed E-state index contributed by atoms with van der Waals surface area (Å²) in [5.41, 5.74) is 7.55. The molecule has 0 spiro atoms. The number of anilines is 1. The molecular formula is C13H17FN4O2S. The zero-order chi connectivity index (χ0) is 15.8. The van der Waals surface area contributed by atoms with Crippen LogP contribution in [0.2, 0.25) is 0 Å². The highest BCUT2D eigenvalue weighted by Crippen LogP contribution is 2.21. The van der Waals surface area contributed by atoms with Crippen LogP contribution in [0.3, 0.4) is 0 Å². The molecule has 2 rings (SSSR count). The Morgan fingerprint density at radius 1 is 1.38 bits per heavy atom. The number of hydrogen-bond donors (Lipinski definition) is 2. The third kappa shape index (κ3) is 3.06. The van der Waals surface area contributed by atoms with E-state index in [0.717, 1.165) is 17.3 Å². The minimum Gasteiger partial charge on any atom is -0.398 e. The van der Waals surface area contributed by atoms with E-state index in [0.29, 0.717) is 0 Å². The van der Waals surface area contributed by atoms with Crippen molar-refractivity contribution in [3.8, 4) is 0 Å². The Balaban J connectivity index is 2.25. The molecule has 0 fully saturated rings. The maximum atomic E-state index is 13.6. The molecule has 0 aliphatic carbocycles. The third-order valence-corrected chi connectivity index (χ3v) is 4.84. The van der Waals surface area contributed by atoms with E-state index in [4.69, 9.17) is 5.73 Å². The zero-order valence-electron chi connectivity index (χ0n) is 12.0. The van der Waals surface area contributed by atoms with Gasteiger partial charge in [-0.05, 0) is 26.0 Å². The summed E-state index contributed by atoms with van der Waals surface area (Å²) in [6, 6.07) is 2.21. The molecule has 0 atom stereocenters. The van der Waals surface area contributed by atoms with Crippen LogP contribution in [0.25, 0.3) is 0 Å². The second-order valence-electron chi connectivity index (χ2n) is 4.82. The Kier molecular flexibility index (Phi) is 4.02. The van der Waals surface area contributed by atoms with Crippen molar-refractivity contribution in [2.45, 2.75) is 25.3 Å². The molecule has 1 aromatic heterocycles. The summed E-state index contributed by atoms with van der Waals surface area (Å²) in [4.78, 5) is -0.190. The third-order valence-electron chi connectivity index (χ3n) is 3.46. The van der Waals surface area contributed by atoms with Crippen LogP contribution in [0.1, 0.15) is 16.8 Å². The number of sulfonamides is 1. The van der Waals surface area contributed by atoms with Gasteiger partial charge in [-0.2, -0.15) is 5.10 Å². The summed E-state index contributed by atoms with van der Waals surface area (Å²) in [6.07, 6.45) is 1.59. The van der Waals surface area contributed by atoms with Crippen molar-refractivity contribution in [1.29, 1.82) is 0 Å². The summed E-state index contributed by atoms with van der Waals surface area (Å²) in [5.74, 6) is -0.645. The van der Waals surface area contributed by atoms with Crippen LogP contribution < -0.4 is 10.5 Å². The number of rotatable bonds is 4. The van der Waals surface area contributed by atoms with Gasteiger partial charge in [0.2, 0.25) is 10.0 Å². The van der Waals surface area contributed by atoms with Gasteiger partial charge in [0.1, 0.15) is 5.82 Å². The lowest BCUT2D eigenvalue weighted by Crippen LogP contribution is -2.24. The van der Waals surface area contributed by atoms with Crippen LogP contribution >= 0.6 is 0 Å². The van der Waals surface area contributed by atoms with Crippen molar-refractivity contribution >= 4 is 15.7 Å². The first-order valence-electron chi connectivity index (χ1n) is 6.25. The van der Waals surface area contributed by atoms with Gasteiger partial charge in [-0.25, -0.2) is 17.5 Å². The van der Waals surface area contributed by atoms with Crippen molar-refractivity contribution < 1.29 is 12.8 Å². The van der Waals surface area contributed by atoms with Gasteiger partial charge in [0.15, 0.2) is 0 Å². The molecule has 1 aromatic carbocycles. The van der Waals surface area contributed by atoms with E-state index in [1.165, 1.54) is 13.0 Å². The fourth-order valence-corrected chi connectivity index (χ4v) is 2.86. The maximum absolute atomic E-state index is 13.6. The minimum atomic E-state index is -3.83. The number of halogens is 1. The number of aryl methyl sites for hydroxylation is 1. The van der Waals surface area contributed by atoms with E-state index in [2.05, 4.69) is 9.82 Å². The SMILES string of the molecule is Cc1c(N)cc(S(=O)(=O)NCc2cnn(C)c2C)cc1F. The molecule has 114 valence electrons. The molecule has 1 heterocycles. The number of hydrogen-bond acceptors (Lipinski definition) is 4. The largest absolute Gasteiger partial charge is 0.398 e. The summed E-state index contributed by atoms with van der Waals surface area (Å²) in [6.45, 7) is 3.41. The Bertz CT molecular complexity index is 760. The zero-order valence-corrected chi connectivity index (χ0v) is 12.8. The van der Waals surface area contributed by atoms with Gasteiger partial charge in [-0.15, -0.1) is 0 Å². The van der Waals surface area contributed by atoms with Crippen LogP contribution in [0.5, 0.6) is 0 Å². The highest BCUT2D eigenvalue weighted by atomic mass is 32.2. The molecule has 0 bridgehead atoms. The molecular weight excluding hydrogens is 295 g/mol. The first kappa shape index (κ1) is 15.5. The topological polar surface area (TPSA) is 90.0 Å². The molecule has 0 saturated heterocycles. The molecule has 21 heavy (non-hydrogen) atoms. The fraction of sp³-hybridized carbons (Fsp3) is 0.308. The van der Waals surface area contributed by atoms with Gasteiger partial charge in [0.25, 0.3) is 0 Å². The fourth-order valence-electron chi connectivity index (χ4n) is 1.80.